The molecule has 26 heavy (non-hydrogen) atoms. The quantitative estimate of drug-likeness (QED) is 0.807. The second kappa shape index (κ2) is 9.43. The third-order valence-corrected chi connectivity index (χ3v) is 4.53. The van der Waals surface area contributed by atoms with Crippen LogP contribution in [0.25, 0.3) is 0 Å². The number of carbonyl (C=O) groups is 2. The van der Waals surface area contributed by atoms with Crippen molar-refractivity contribution in [2.24, 2.45) is 0 Å². The van der Waals surface area contributed by atoms with E-state index in [-0.39, 0.29) is 5.12 Å². The molecule has 0 radical (unpaired) electrons. The fourth-order valence-electron chi connectivity index (χ4n) is 2.32. The minimum absolute atomic E-state index is 0.0800. The average Bonchev–Trinajstić information content (AvgIpc) is 2.59. The molecular formula is C21H25NO3S. The molecule has 0 spiro atoms. The maximum Gasteiger partial charge on any atom is 0.408 e. The van der Waals surface area contributed by atoms with Crippen molar-refractivity contribution in [3.63, 3.8) is 0 Å². The first-order chi connectivity index (χ1) is 12.3. The van der Waals surface area contributed by atoms with Crippen LogP contribution in [0.3, 0.4) is 0 Å². The molecule has 0 aromatic heterocycles. The van der Waals surface area contributed by atoms with Crippen LogP contribution in [-0.4, -0.2) is 22.9 Å². The van der Waals surface area contributed by atoms with E-state index in [0.29, 0.717) is 12.2 Å². The second-order valence-corrected chi connectivity index (χ2v) is 7.96. The van der Waals surface area contributed by atoms with Gasteiger partial charge in [-0.2, -0.15) is 0 Å². The van der Waals surface area contributed by atoms with Gasteiger partial charge in [0.05, 0.1) is 0 Å². The molecule has 0 fully saturated rings. The van der Waals surface area contributed by atoms with Gasteiger partial charge in [-0.05, 0) is 31.9 Å². The van der Waals surface area contributed by atoms with E-state index in [1.54, 1.807) is 20.8 Å². The number of thioether (sulfide) groups is 1. The Kier molecular flexibility index (Phi) is 7.27. The van der Waals surface area contributed by atoms with Gasteiger partial charge >= 0.3 is 6.09 Å². The summed E-state index contributed by atoms with van der Waals surface area (Å²) in [5, 5.41) is 2.65. The predicted octanol–water partition coefficient (Wildman–Crippen LogP) is 4.58. The van der Waals surface area contributed by atoms with Crippen molar-refractivity contribution in [3.05, 3.63) is 71.8 Å². The third-order valence-electron chi connectivity index (χ3n) is 3.48. The van der Waals surface area contributed by atoms with Gasteiger partial charge in [-0.1, -0.05) is 72.4 Å². The van der Waals surface area contributed by atoms with Crippen molar-refractivity contribution in [1.29, 1.82) is 0 Å². The molecule has 0 heterocycles. The number of ether oxygens (including phenoxy) is 1. The Morgan fingerprint density at radius 1 is 0.962 bits per heavy atom. The van der Waals surface area contributed by atoms with Crippen LogP contribution >= 0.6 is 11.8 Å². The van der Waals surface area contributed by atoms with E-state index in [1.807, 2.05) is 60.7 Å². The van der Waals surface area contributed by atoms with Crippen LogP contribution in [0.2, 0.25) is 0 Å². The van der Waals surface area contributed by atoms with E-state index in [9.17, 15) is 9.59 Å². The number of benzene rings is 2. The molecule has 138 valence electrons. The topological polar surface area (TPSA) is 55.4 Å². The Bertz CT molecular complexity index is 711. The van der Waals surface area contributed by atoms with Crippen LogP contribution in [0.15, 0.2) is 60.7 Å². The summed E-state index contributed by atoms with van der Waals surface area (Å²) in [4.78, 5) is 24.9. The van der Waals surface area contributed by atoms with Gasteiger partial charge < -0.3 is 10.1 Å². The summed E-state index contributed by atoms with van der Waals surface area (Å²) in [5.41, 5.74) is 1.45. The second-order valence-electron chi connectivity index (χ2n) is 6.98. The van der Waals surface area contributed by atoms with Gasteiger partial charge in [0, 0.05) is 12.2 Å². The van der Waals surface area contributed by atoms with Crippen LogP contribution in [0, 0.1) is 0 Å². The number of hydrogen-bond donors (Lipinski definition) is 1. The van der Waals surface area contributed by atoms with Crippen molar-refractivity contribution in [2.75, 3.05) is 0 Å². The zero-order valence-electron chi connectivity index (χ0n) is 15.4. The van der Waals surface area contributed by atoms with E-state index >= 15 is 0 Å². The molecule has 5 heteroatoms. The molecule has 1 amide bonds. The summed E-state index contributed by atoms with van der Waals surface area (Å²) in [5.74, 6) is 0.570. The maximum absolute atomic E-state index is 12.7. The first-order valence-electron chi connectivity index (χ1n) is 8.57. The zero-order chi connectivity index (χ0) is 19.0. The van der Waals surface area contributed by atoms with E-state index in [4.69, 9.17) is 4.74 Å². The molecular weight excluding hydrogens is 346 g/mol. The van der Waals surface area contributed by atoms with Crippen molar-refractivity contribution in [1.82, 2.24) is 5.32 Å². The van der Waals surface area contributed by atoms with Crippen LogP contribution in [-0.2, 0) is 21.7 Å². The number of rotatable bonds is 6. The molecule has 0 unspecified atom stereocenters. The van der Waals surface area contributed by atoms with Gasteiger partial charge in [0.15, 0.2) is 0 Å². The molecule has 0 aliphatic carbocycles. The maximum atomic E-state index is 12.7. The Labute approximate surface area is 159 Å². The zero-order valence-corrected chi connectivity index (χ0v) is 16.2. The summed E-state index contributed by atoms with van der Waals surface area (Å²) in [7, 11) is 0. The molecule has 4 nitrogen and oxygen atoms in total. The van der Waals surface area contributed by atoms with Gasteiger partial charge in [-0.25, -0.2) is 4.79 Å². The summed E-state index contributed by atoms with van der Waals surface area (Å²) in [6, 6.07) is 18.8. The molecule has 2 aromatic rings. The van der Waals surface area contributed by atoms with Crippen molar-refractivity contribution < 1.29 is 14.3 Å². The highest BCUT2D eigenvalue weighted by Gasteiger charge is 2.25. The summed E-state index contributed by atoms with van der Waals surface area (Å²) in [6.45, 7) is 5.39. The highest BCUT2D eigenvalue weighted by Crippen LogP contribution is 2.17. The highest BCUT2D eigenvalue weighted by atomic mass is 32.2. The Morgan fingerprint density at radius 2 is 1.50 bits per heavy atom. The third kappa shape index (κ3) is 7.31. The SMILES string of the molecule is CC(C)(C)OC(=O)N[C@@H](Cc1ccccc1)C(=O)SCc1ccccc1. The number of amides is 1. The largest absolute Gasteiger partial charge is 0.444 e. The van der Waals surface area contributed by atoms with E-state index < -0.39 is 17.7 Å². The van der Waals surface area contributed by atoms with Gasteiger partial charge in [-0.3, -0.25) is 4.79 Å². The summed E-state index contributed by atoms with van der Waals surface area (Å²) in [6.07, 6.45) is -0.146. The highest BCUT2D eigenvalue weighted by molar-refractivity contribution is 8.13. The van der Waals surface area contributed by atoms with E-state index in [1.165, 1.54) is 11.8 Å². The van der Waals surface area contributed by atoms with Gasteiger partial charge in [0.2, 0.25) is 5.12 Å². The molecule has 0 aliphatic rings. The number of alkyl carbamates (subject to hydrolysis) is 1. The van der Waals surface area contributed by atoms with Crippen LogP contribution < -0.4 is 5.32 Å². The Hall–Kier alpha value is -2.27. The van der Waals surface area contributed by atoms with Crippen molar-refractivity contribution in [3.8, 4) is 0 Å². The fourth-order valence-corrected chi connectivity index (χ4v) is 3.17. The van der Waals surface area contributed by atoms with Crippen molar-refractivity contribution in [2.45, 2.75) is 44.6 Å². The molecule has 2 aromatic carbocycles. The fraction of sp³-hybridized carbons (Fsp3) is 0.333. The van der Waals surface area contributed by atoms with Crippen LogP contribution in [0.4, 0.5) is 4.79 Å². The molecule has 0 aliphatic heterocycles. The minimum atomic E-state index is -0.638. The smallest absolute Gasteiger partial charge is 0.408 e. The average molecular weight is 372 g/mol. The molecule has 1 N–H and O–H groups in total. The minimum Gasteiger partial charge on any atom is -0.444 e. The Balaban J connectivity index is 2.03. The predicted molar refractivity (Wildman–Crippen MR) is 106 cm³/mol. The first kappa shape index (κ1) is 20.0. The van der Waals surface area contributed by atoms with Crippen molar-refractivity contribution >= 4 is 23.0 Å². The lowest BCUT2D eigenvalue weighted by atomic mass is 10.1. The van der Waals surface area contributed by atoms with Gasteiger partial charge in [0.25, 0.3) is 0 Å². The number of hydrogen-bond acceptors (Lipinski definition) is 4. The number of nitrogens with one attached hydrogen (secondary N) is 1. The molecule has 2 rings (SSSR count). The lowest BCUT2D eigenvalue weighted by Gasteiger charge is -2.23. The lowest BCUT2D eigenvalue weighted by Crippen LogP contribution is -2.43. The molecule has 0 bridgehead atoms. The lowest BCUT2D eigenvalue weighted by molar-refractivity contribution is -0.112. The number of carbonyl (C=O) groups excluding carboxylic acids is 2. The molecule has 0 saturated carbocycles. The molecule has 0 saturated heterocycles. The molecule has 1 atom stereocenters. The van der Waals surface area contributed by atoms with Crippen LogP contribution in [0.5, 0.6) is 0 Å². The summed E-state index contributed by atoms with van der Waals surface area (Å²) < 4.78 is 5.31. The first-order valence-corrected chi connectivity index (χ1v) is 9.56. The normalized spacial score (nSPS) is 12.3. The van der Waals surface area contributed by atoms with Crippen LogP contribution in [0.1, 0.15) is 31.9 Å². The summed E-state index contributed by atoms with van der Waals surface area (Å²) >= 11 is 1.21. The van der Waals surface area contributed by atoms with E-state index in [0.717, 1.165) is 11.1 Å². The van der Waals surface area contributed by atoms with Gasteiger partial charge in [0.1, 0.15) is 11.6 Å². The monoisotopic (exact) mass is 371 g/mol. The Morgan fingerprint density at radius 3 is 2.04 bits per heavy atom. The van der Waals surface area contributed by atoms with E-state index in [2.05, 4.69) is 5.32 Å². The van der Waals surface area contributed by atoms with Gasteiger partial charge in [-0.15, -0.1) is 0 Å². The standard InChI is InChI=1S/C21H25NO3S/c1-21(2,3)25-20(24)22-18(14-16-10-6-4-7-11-16)19(23)26-15-17-12-8-5-9-13-17/h4-13,18H,14-15H2,1-3H3,(H,22,24)/t18-/m0/s1.